The van der Waals surface area contributed by atoms with Crippen molar-refractivity contribution in [3.63, 3.8) is 0 Å². The number of aromatic nitrogens is 1. The summed E-state index contributed by atoms with van der Waals surface area (Å²) in [7, 11) is 0. The first-order valence-corrected chi connectivity index (χ1v) is 12.4. The van der Waals surface area contributed by atoms with E-state index in [2.05, 4.69) is 15.2 Å². The zero-order chi connectivity index (χ0) is 22.9. The highest BCUT2D eigenvalue weighted by atomic mass is 35.5. The molecule has 1 aliphatic heterocycles. The number of hydrogen-bond donors (Lipinski definition) is 1. The van der Waals surface area contributed by atoms with Crippen LogP contribution in [0.5, 0.6) is 0 Å². The fourth-order valence-corrected chi connectivity index (χ4v) is 5.02. The van der Waals surface area contributed by atoms with E-state index in [1.807, 2.05) is 0 Å². The van der Waals surface area contributed by atoms with Crippen molar-refractivity contribution in [2.75, 3.05) is 38.6 Å². The monoisotopic (exact) mass is 501 g/mol. The molecule has 174 valence electrons. The minimum absolute atomic E-state index is 0.108. The topological polar surface area (TPSA) is 80.8 Å². The summed E-state index contributed by atoms with van der Waals surface area (Å²) in [6, 6.07) is 4.73. The number of nitrogens with one attached hydrogen (secondary N) is 1. The van der Waals surface area contributed by atoms with Crippen molar-refractivity contribution in [1.29, 1.82) is 0 Å². The molecule has 1 saturated heterocycles. The average molecular weight is 502 g/mol. The van der Waals surface area contributed by atoms with E-state index in [-0.39, 0.29) is 35.2 Å². The first kappa shape index (κ1) is 24.9. The molecule has 3 rings (SSSR count). The number of nitrogens with zero attached hydrogens (tertiary/aromatic N) is 2. The van der Waals surface area contributed by atoms with Crippen LogP contribution in [0.25, 0.3) is 0 Å². The van der Waals surface area contributed by atoms with E-state index in [4.69, 9.17) is 21.1 Å². The number of benzene rings is 1. The van der Waals surface area contributed by atoms with Gasteiger partial charge in [0, 0.05) is 31.6 Å². The van der Waals surface area contributed by atoms with Gasteiger partial charge < -0.3 is 14.8 Å². The Hall–Kier alpha value is -1.72. The van der Waals surface area contributed by atoms with Crippen LogP contribution in [-0.2, 0) is 32.0 Å². The number of halogens is 2. The summed E-state index contributed by atoms with van der Waals surface area (Å²) in [4.78, 5) is 30.3. The van der Waals surface area contributed by atoms with Gasteiger partial charge in [-0.3, -0.25) is 14.5 Å². The van der Waals surface area contributed by atoms with E-state index in [0.717, 1.165) is 16.4 Å². The van der Waals surface area contributed by atoms with E-state index >= 15 is 0 Å². The number of thioether (sulfide) groups is 1. The zero-order valence-corrected chi connectivity index (χ0v) is 20.0. The fourth-order valence-electron chi connectivity index (χ4n) is 3.15. The van der Waals surface area contributed by atoms with Crippen LogP contribution in [0.3, 0.4) is 0 Å². The van der Waals surface area contributed by atoms with Crippen LogP contribution in [0.15, 0.2) is 27.9 Å². The highest BCUT2D eigenvalue weighted by Crippen LogP contribution is 2.23. The minimum atomic E-state index is -0.427. The molecule has 0 aliphatic carbocycles. The predicted molar refractivity (Wildman–Crippen MR) is 123 cm³/mol. The van der Waals surface area contributed by atoms with Crippen LogP contribution in [-0.4, -0.2) is 66.5 Å². The van der Waals surface area contributed by atoms with E-state index in [1.54, 1.807) is 24.4 Å². The lowest BCUT2D eigenvalue weighted by atomic mass is 10.2. The van der Waals surface area contributed by atoms with E-state index in [0.29, 0.717) is 38.5 Å². The van der Waals surface area contributed by atoms with Crippen molar-refractivity contribution >= 4 is 46.6 Å². The Kier molecular flexibility index (Phi) is 9.73. The Morgan fingerprint density at radius 1 is 1.47 bits per heavy atom. The summed E-state index contributed by atoms with van der Waals surface area (Å²) in [6.07, 6.45) is 0.0150. The van der Waals surface area contributed by atoms with E-state index in [9.17, 15) is 14.0 Å². The number of esters is 1. The van der Waals surface area contributed by atoms with Gasteiger partial charge in [-0.05, 0) is 24.6 Å². The highest BCUT2D eigenvalue weighted by Gasteiger charge is 2.21. The van der Waals surface area contributed by atoms with Gasteiger partial charge in [0.25, 0.3) is 0 Å². The number of carbonyl (C=O) groups is 2. The van der Waals surface area contributed by atoms with Gasteiger partial charge in [-0.1, -0.05) is 29.4 Å². The second kappa shape index (κ2) is 12.5. The maximum Gasteiger partial charge on any atom is 0.311 e. The van der Waals surface area contributed by atoms with Gasteiger partial charge >= 0.3 is 5.97 Å². The Balaban J connectivity index is 1.37. The lowest BCUT2D eigenvalue weighted by Crippen LogP contribution is -2.47. The Labute approximate surface area is 199 Å². The molecule has 1 amide bonds. The van der Waals surface area contributed by atoms with Gasteiger partial charge in [0.15, 0.2) is 4.34 Å². The molecule has 2 aromatic rings. The molecule has 0 spiro atoms. The maximum atomic E-state index is 13.3. The third-order valence-corrected chi connectivity index (χ3v) is 6.99. The number of rotatable bonds is 10. The average Bonchev–Trinajstić information content (AvgIpc) is 3.21. The Bertz CT molecular complexity index is 930. The fraction of sp³-hybridized carbons (Fsp3) is 0.476. The molecule has 7 nitrogen and oxygen atoms in total. The normalized spacial score (nSPS) is 16.7. The molecule has 1 aromatic carbocycles. The lowest BCUT2D eigenvalue weighted by Gasteiger charge is -2.33. The summed E-state index contributed by atoms with van der Waals surface area (Å²) in [5.74, 6) is -0.611. The van der Waals surface area contributed by atoms with Crippen molar-refractivity contribution in [1.82, 2.24) is 15.2 Å². The van der Waals surface area contributed by atoms with Crippen molar-refractivity contribution in [2.45, 2.75) is 30.3 Å². The highest BCUT2D eigenvalue weighted by molar-refractivity contribution is 8.01. The third-order valence-electron chi connectivity index (χ3n) is 4.63. The number of hydrogen-bond acceptors (Lipinski definition) is 8. The van der Waals surface area contributed by atoms with Gasteiger partial charge in [0.05, 0.1) is 42.2 Å². The van der Waals surface area contributed by atoms with Crippen molar-refractivity contribution in [3.05, 3.63) is 45.7 Å². The van der Waals surface area contributed by atoms with Gasteiger partial charge in [-0.15, -0.1) is 11.3 Å². The summed E-state index contributed by atoms with van der Waals surface area (Å²) < 4.78 is 24.7. The first-order chi connectivity index (χ1) is 15.4. The predicted octanol–water partition coefficient (Wildman–Crippen LogP) is 3.15. The van der Waals surface area contributed by atoms with E-state index in [1.165, 1.54) is 29.2 Å². The molecule has 1 unspecified atom stereocenters. The van der Waals surface area contributed by atoms with Gasteiger partial charge in [-0.25, -0.2) is 9.37 Å². The van der Waals surface area contributed by atoms with Gasteiger partial charge in [0.1, 0.15) is 5.82 Å². The molecular formula is C21H25ClFN3O4S2. The standard InChI is InChI=1S/C21H25ClFN3O4S2/c1-2-29-20(28)8-15-12-31-21(25-15)32-13-19(27)24-9-16-11-26(5-6-30-16)10-14-3-4-18(23)17(22)7-14/h3-4,7,12,16H,2,5-6,8-11,13H2,1H3,(H,24,27). The van der Waals surface area contributed by atoms with Crippen LogP contribution < -0.4 is 5.32 Å². The summed E-state index contributed by atoms with van der Waals surface area (Å²) in [5, 5.41) is 4.82. The summed E-state index contributed by atoms with van der Waals surface area (Å²) >= 11 is 8.59. The smallest absolute Gasteiger partial charge is 0.311 e. The third kappa shape index (κ3) is 8.00. The molecule has 1 aromatic heterocycles. The molecule has 0 radical (unpaired) electrons. The molecule has 1 fully saturated rings. The van der Waals surface area contributed by atoms with Crippen molar-refractivity contribution in [2.24, 2.45) is 0 Å². The van der Waals surface area contributed by atoms with Crippen LogP contribution >= 0.6 is 34.7 Å². The van der Waals surface area contributed by atoms with Crippen molar-refractivity contribution < 1.29 is 23.5 Å². The second-order valence-corrected chi connectivity index (χ2v) is 9.64. The quantitative estimate of drug-likeness (QED) is 0.395. The molecule has 1 N–H and O–H groups in total. The molecule has 2 heterocycles. The molecule has 1 atom stereocenters. The SMILES string of the molecule is CCOC(=O)Cc1csc(SCC(=O)NCC2CN(Cc3ccc(F)c(Cl)c3)CCO2)n1. The second-order valence-electron chi connectivity index (χ2n) is 7.16. The molecule has 1 aliphatic rings. The lowest BCUT2D eigenvalue weighted by molar-refractivity contribution is -0.142. The number of amides is 1. The molecular weight excluding hydrogens is 477 g/mol. The molecule has 32 heavy (non-hydrogen) atoms. The van der Waals surface area contributed by atoms with Crippen LogP contribution in [0.2, 0.25) is 5.02 Å². The van der Waals surface area contributed by atoms with Gasteiger partial charge in [-0.2, -0.15) is 0 Å². The van der Waals surface area contributed by atoms with Crippen LogP contribution in [0, 0.1) is 5.82 Å². The Morgan fingerprint density at radius 3 is 3.09 bits per heavy atom. The molecule has 11 heteroatoms. The number of carbonyl (C=O) groups excluding carboxylic acids is 2. The number of morpholine rings is 1. The first-order valence-electron chi connectivity index (χ1n) is 10.2. The summed E-state index contributed by atoms with van der Waals surface area (Å²) in [6.45, 7) is 5.13. The summed E-state index contributed by atoms with van der Waals surface area (Å²) in [5.41, 5.74) is 1.58. The number of ether oxygens (including phenoxy) is 2. The van der Waals surface area contributed by atoms with E-state index < -0.39 is 5.82 Å². The largest absolute Gasteiger partial charge is 0.466 e. The van der Waals surface area contributed by atoms with Crippen LogP contribution in [0.4, 0.5) is 4.39 Å². The van der Waals surface area contributed by atoms with Crippen molar-refractivity contribution in [3.8, 4) is 0 Å². The number of thiazole rings is 1. The van der Waals surface area contributed by atoms with Crippen LogP contribution in [0.1, 0.15) is 18.2 Å². The van der Waals surface area contributed by atoms with Gasteiger partial charge in [0.2, 0.25) is 5.91 Å². The molecule has 0 bridgehead atoms. The Morgan fingerprint density at radius 2 is 2.31 bits per heavy atom. The molecule has 0 saturated carbocycles. The zero-order valence-electron chi connectivity index (χ0n) is 17.6. The maximum absolute atomic E-state index is 13.3. The minimum Gasteiger partial charge on any atom is -0.466 e.